The van der Waals surface area contributed by atoms with Crippen LogP contribution in [0.5, 0.6) is 0 Å². The third-order valence-corrected chi connectivity index (χ3v) is 4.78. The molecule has 0 aliphatic carbocycles. The number of rotatable bonds is 6. The number of benzene rings is 1. The molecule has 0 saturated carbocycles. The number of likely N-dealkylation sites (tertiary alicyclic amines) is 1. The molecule has 2 aromatic rings. The van der Waals surface area contributed by atoms with Gasteiger partial charge in [0.05, 0.1) is 6.33 Å². The van der Waals surface area contributed by atoms with Gasteiger partial charge in [0.25, 0.3) is 5.91 Å². The average molecular weight is 354 g/mol. The van der Waals surface area contributed by atoms with Crippen LogP contribution in [0.3, 0.4) is 0 Å². The Labute approximate surface area is 154 Å². The van der Waals surface area contributed by atoms with Gasteiger partial charge >= 0.3 is 0 Å². The van der Waals surface area contributed by atoms with Crippen LogP contribution in [0.15, 0.2) is 42.9 Å². The SMILES string of the molecule is CC(C)n1cnc(C(=O)NC2CCN(C(=O)CCc3ccccc3)C2)c1. The zero-order valence-corrected chi connectivity index (χ0v) is 15.4. The maximum atomic E-state index is 12.4. The molecule has 1 atom stereocenters. The number of nitrogens with one attached hydrogen (secondary N) is 1. The second-order valence-corrected chi connectivity index (χ2v) is 7.08. The molecule has 2 heterocycles. The van der Waals surface area contributed by atoms with Crippen molar-refractivity contribution in [2.75, 3.05) is 13.1 Å². The Morgan fingerprint density at radius 3 is 2.73 bits per heavy atom. The van der Waals surface area contributed by atoms with E-state index in [-0.39, 0.29) is 23.9 Å². The van der Waals surface area contributed by atoms with Crippen molar-refractivity contribution in [3.8, 4) is 0 Å². The van der Waals surface area contributed by atoms with E-state index in [0.29, 0.717) is 25.2 Å². The minimum atomic E-state index is -0.173. The third kappa shape index (κ3) is 4.50. The van der Waals surface area contributed by atoms with Crippen LogP contribution in [0.4, 0.5) is 0 Å². The Balaban J connectivity index is 1.47. The Hall–Kier alpha value is -2.63. The highest BCUT2D eigenvalue weighted by Crippen LogP contribution is 2.13. The summed E-state index contributed by atoms with van der Waals surface area (Å²) in [6, 6.07) is 10.3. The highest BCUT2D eigenvalue weighted by atomic mass is 16.2. The van der Waals surface area contributed by atoms with E-state index in [1.807, 2.05) is 53.6 Å². The van der Waals surface area contributed by atoms with Crippen LogP contribution in [-0.4, -0.2) is 45.4 Å². The normalized spacial score (nSPS) is 16.9. The Bertz CT molecular complexity index is 754. The zero-order valence-electron chi connectivity index (χ0n) is 15.4. The van der Waals surface area contributed by atoms with Crippen molar-refractivity contribution in [2.24, 2.45) is 0 Å². The molecule has 3 rings (SSSR count). The third-order valence-electron chi connectivity index (χ3n) is 4.78. The lowest BCUT2D eigenvalue weighted by Gasteiger charge is -2.17. The van der Waals surface area contributed by atoms with Crippen molar-refractivity contribution >= 4 is 11.8 Å². The molecule has 138 valence electrons. The fourth-order valence-electron chi connectivity index (χ4n) is 3.15. The van der Waals surface area contributed by atoms with Crippen LogP contribution in [-0.2, 0) is 11.2 Å². The molecule has 1 aliphatic heterocycles. The highest BCUT2D eigenvalue weighted by Gasteiger charge is 2.27. The van der Waals surface area contributed by atoms with Gasteiger partial charge in [-0.25, -0.2) is 4.98 Å². The lowest BCUT2D eigenvalue weighted by Crippen LogP contribution is -2.38. The van der Waals surface area contributed by atoms with E-state index in [2.05, 4.69) is 10.3 Å². The summed E-state index contributed by atoms with van der Waals surface area (Å²) in [5.41, 5.74) is 1.60. The summed E-state index contributed by atoms with van der Waals surface area (Å²) < 4.78 is 1.91. The smallest absolute Gasteiger partial charge is 0.271 e. The van der Waals surface area contributed by atoms with Gasteiger partial charge in [0, 0.05) is 37.8 Å². The Kier molecular flexibility index (Phi) is 5.71. The topological polar surface area (TPSA) is 67.2 Å². The van der Waals surface area contributed by atoms with E-state index in [4.69, 9.17) is 0 Å². The zero-order chi connectivity index (χ0) is 18.5. The standard InChI is InChI=1S/C20H26N4O2/c1-15(2)24-13-18(21-14-24)20(26)22-17-10-11-23(12-17)19(25)9-8-16-6-4-3-5-7-16/h3-7,13-15,17H,8-12H2,1-2H3,(H,22,26). The van der Waals surface area contributed by atoms with Crippen molar-refractivity contribution in [1.29, 1.82) is 0 Å². The van der Waals surface area contributed by atoms with Gasteiger partial charge in [-0.3, -0.25) is 9.59 Å². The molecular formula is C20H26N4O2. The first-order valence-electron chi connectivity index (χ1n) is 9.19. The first kappa shape index (κ1) is 18.2. The number of carbonyl (C=O) groups excluding carboxylic acids is 2. The first-order valence-corrected chi connectivity index (χ1v) is 9.19. The van der Waals surface area contributed by atoms with Crippen molar-refractivity contribution in [2.45, 2.75) is 45.2 Å². The summed E-state index contributed by atoms with van der Waals surface area (Å²) >= 11 is 0. The summed E-state index contributed by atoms with van der Waals surface area (Å²) in [4.78, 5) is 30.7. The maximum absolute atomic E-state index is 12.4. The molecule has 1 unspecified atom stereocenters. The molecule has 1 fully saturated rings. The van der Waals surface area contributed by atoms with Crippen LogP contribution >= 0.6 is 0 Å². The largest absolute Gasteiger partial charge is 0.346 e. The number of hydrogen-bond donors (Lipinski definition) is 1. The van der Waals surface area contributed by atoms with Crippen LogP contribution in [0.2, 0.25) is 0 Å². The van der Waals surface area contributed by atoms with Gasteiger partial charge in [-0.1, -0.05) is 30.3 Å². The molecular weight excluding hydrogens is 328 g/mol. The fourth-order valence-corrected chi connectivity index (χ4v) is 3.15. The molecule has 2 amide bonds. The quantitative estimate of drug-likeness (QED) is 0.866. The van der Waals surface area contributed by atoms with Gasteiger partial charge in [-0.05, 0) is 32.3 Å². The van der Waals surface area contributed by atoms with E-state index in [0.717, 1.165) is 12.8 Å². The predicted octanol–water partition coefficient (Wildman–Crippen LogP) is 2.43. The first-order chi connectivity index (χ1) is 12.5. The van der Waals surface area contributed by atoms with Gasteiger partial charge < -0.3 is 14.8 Å². The molecule has 0 radical (unpaired) electrons. The summed E-state index contributed by atoms with van der Waals surface area (Å²) in [7, 11) is 0. The number of imidazole rings is 1. The molecule has 1 aliphatic rings. The monoisotopic (exact) mass is 354 g/mol. The molecule has 1 aromatic heterocycles. The van der Waals surface area contributed by atoms with Gasteiger partial charge in [0.2, 0.25) is 5.91 Å². The molecule has 26 heavy (non-hydrogen) atoms. The van der Waals surface area contributed by atoms with Gasteiger partial charge in [0.15, 0.2) is 0 Å². The number of hydrogen-bond acceptors (Lipinski definition) is 3. The minimum Gasteiger partial charge on any atom is -0.346 e. The van der Waals surface area contributed by atoms with E-state index in [9.17, 15) is 9.59 Å². The number of aryl methyl sites for hydroxylation is 1. The van der Waals surface area contributed by atoms with Gasteiger partial charge in [-0.15, -0.1) is 0 Å². The lowest BCUT2D eigenvalue weighted by molar-refractivity contribution is -0.130. The van der Waals surface area contributed by atoms with E-state index >= 15 is 0 Å². The summed E-state index contributed by atoms with van der Waals surface area (Å²) in [6.07, 6.45) is 5.47. The number of nitrogens with zero attached hydrogens (tertiary/aromatic N) is 3. The summed E-state index contributed by atoms with van der Waals surface area (Å²) in [6.45, 7) is 5.35. The number of carbonyl (C=O) groups is 2. The van der Waals surface area contributed by atoms with Gasteiger partial charge in [-0.2, -0.15) is 0 Å². The Morgan fingerprint density at radius 1 is 1.27 bits per heavy atom. The molecule has 0 bridgehead atoms. The van der Waals surface area contributed by atoms with Gasteiger partial charge in [0.1, 0.15) is 5.69 Å². The van der Waals surface area contributed by atoms with E-state index < -0.39 is 0 Å². The van der Waals surface area contributed by atoms with Crippen molar-refractivity contribution < 1.29 is 9.59 Å². The van der Waals surface area contributed by atoms with Crippen LogP contribution in [0.25, 0.3) is 0 Å². The summed E-state index contributed by atoms with van der Waals surface area (Å²) in [5, 5.41) is 3.00. The second-order valence-electron chi connectivity index (χ2n) is 7.08. The number of aromatic nitrogens is 2. The molecule has 1 N–H and O–H groups in total. The van der Waals surface area contributed by atoms with Crippen molar-refractivity contribution in [1.82, 2.24) is 19.8 Å². The lowest BCUT2D eigenvalue weighted by atomic mass is 10.1. The summed E-state index contributed by atoms with van der Waals surface area (Å²) in [5.74, 6) is -0.0253. The van der Waals surface area contributed by atoms with Crippen LogP contribution in [0.1, 0.15) is 48.8 Å². The van der Waals surface area contributed by atoms with Crippen molar-refractivity contribution in [3.63, 3.8) is 0 Å². The van der Waals surface area contributed by atoms with Crippen molar-refractivity contribution in [3.05, 3.63) is 54.1 Å². The maximum Gasteiger partial charge on any atom is 0.271 e. The molecule has 1 aromatic carbocycles. The Morgan fingerprint density at radius 2 is 2.04 bits per heavy atom. The van der Waals surface area contributed by atoms with Crippen LogP contribution < -0.4 is 5.32 Å². The van der Waals surface area contributed by atoms with E-state index in [1.165, 1.54) is 5.56 Å². The van der Waals surface area contributed by atoms with Crippen LogP contribution in [0, 0.1) is 0 Å². The molecule has 6 nitrogen and oxygen atoms in total. The second kappa shape index (κ2) is 8.17. The molecule has 1 saturated heterocycles. The average Bonchev–Trinajstić information content (AvgIpc) is 3.30. The predicted molar refractivity (Wildman–Crippen MR) is 99.8 cm³/mol. The molecule has 6 heteroatoms. The minimum absolute atomic E-state index is 0.00706. The molecule has 0 spiro atoms. The highest BCUT2D eigenvalue weighted by molar-refractivity contribution is 5.92. The number of amides is 2. The van der Waals surface area contributed by atoms with E-state index in [1.54, 1.807) is 12.5 Å². The fraction of sp³-hybridized carbons (Fsp3) is 0.450.